The molecule has 6 nitrogen and oxygen atoms in total. The fourth-order valence-corrected chi connectivity index (χ4v) is 1.41. The van der Waals surface area contributed by atoms with Crippen molar-refractivity contribution < 1.29 is 14.4 Å². The van der Waals surface area contributed by atoms with E-state index in [-0.39, 0.29) is 6.42 Å². The SMILES string of the molecule is NC(=O)C(NC(=O)Cc1ccc(Cl)cc1)C(N)=O. The molecule has 7 heteroatoms. The molecule has 0 aliphatic carbocycles. The van der Waals surface area contributed by atoms with E-state index in [0.717, 1.165) is 0 Å². The molecule has 0 spiro atoms. The standard InChI is InChI=1S/C11H12ClN3O3/c12-7-3-1-6(2-4-7)5-8(16)15-9(10(13)17)11(14)18/h1-4,9H,5H2,(H2,13,17)(H2,14,18)(H,15,16). The van der Waals surface area contributed by atoms with E-state index in [1.807, 2.05) is 0 Å². The number of hydrogen-bond donors (Lipinski definition) is 3. The van der Waals surface area contributed by atoms with Crippen molar-refractivity contribution in [3.63, 3.8) is 0 Å². The van der Waals surface area contributed by atoms with Crippen LogP contribution in [0.15, 0.2) is 24.3 Å². The van der Waals surface area contributed by atoms with Crippen LogP contribution in [0.3, 0.4) is 0 Å². The summed E-state index contributed by atoms with van der Waals surface area (Å²) in [6, 6.07) is 5.08. The zero-order chi connectivity index (χ0) is 13.7. The van der Waals surface area contributed by atoms with Gasteiger partial charge in [-0.05, 0) is 17.7 Å². The van der Waals surface area contributed by atoms with Crippen LogP contribution >= 0.6 is 11.6 Å². The molecule has 1 aromatic rings. The van der Waals surface area contributed by atoms with Gasteiger partial charge in [0.2, 0.25) is 17.7 Å². The predicted molar refractivity (Wildman–Crippen MR) is 65.5 cm³/mol. The van der Waals surface area contributed by atoms with Gasteiger partial charge in [0.25, 0.3) is 0 Å². The molecule has 0 saturated heterocycles. The first kappa shape index (κ1) is 14.0. The second-order valence-electron chi connectivity index (χ2n) is 3.61. The molecule has 0 atom stereocenters. The first-order chi connectivity index (χ1) is 8.40. The van der Waals surface area contributed by atoms with Gasteiger partial charge in [-0.25, -0.2) is 0 Å². The van der Waals surface area contributed by atoms with Gasteiger partial charge in [0.1, 0.15) is 0 Å². The van der Waals surface area contributed by atoms with Gasteiger partial charge in [0.15, 0.2) is 6.04 Å². The van der Waals surface area contributed by atoms with E-state index in [1.54, 1.807) is 24.3 Å². The quantitative estimate of drug-likeness (QED) is 0.616. The fourth-order valence-electron chi connectivity index (χ4n) is 1.28. The number of halogens is 1. The third-order valence-corrected chi connectivity index (χ3v) is 2.40. The van der Waals surface area contributed by atoms with Crippen molar-refractivity contribution in [3.8, 4) is 0 Å². The lowest BCUT2D eigenvalue weighted by molar-refractivity contribution is -0.133. The van der Waals surface area contributed by atoms with E-state index < -0.39 is 23.8 Å². The Kier molecular flexibility index (Phi) is 4.67. The van der Waals surface area contributed by atoms with Crippen molar-refractivity contribution in [2.75, 3.05) is 0 Å². The largest absolute Gasteiger partial charge is 0.367 e. The second-order valence-corrected chi connectivity index (χ2v) is 4.04. The zero-order valence-corrected chi connectivity index (χ0v) is 10.1. The van der Waals surface area contributed by atoms with Crippen molar-refractivity contribution >= 4 is 29.3 Å². The van der Waals surface area contributed by atoms with Crippen LogP contribution in [0, 0.1) is 0 Å². The second kappa shape index (κ2) is 6.02. The summed E-state index contributed by atoms with van der Waals surface area (Å²) in [5.41, 5.74) is 10.5. The van der Waals surface area contributed by atoms with Crippen molar-refractivity contribution in [1.82, 2.24) is 5.32 Å². The average Bonchev–Trinajstić information content (AvgIpc) is 2.28. The van der Waals surface area contributed by atoms with Crippen molar-refractivity contribution in [1.29, 1.82) is 0 Å². The monoisotopic (exact) mass is 269 g/mol. The topological polar surface area (TPSA) is 115 Å². The minimum absolute atomic E-state index is 0.00573. The molecule has 0 aliphatic heterocycles. The molecule has 5 N–H and O–H groups in total. The summed E-state index contributed by atoms with van der Waals surface area (Å²) < 4.78 is 0. The minimum Gasteiger partial charge on any atom is -0.367 e. The maximum atomic E-state index is 11.6. The van der Waals surface area contributed by atoms with Crippen LogP contribution in [0.25, 0.3) is 0 Å². The first-order valence-corrected chi connectivity index (χ1v) is 5.40. The summed E-state index contributed by atoms with van der Waals surface area (Å²) in [5.74, 6) is -2.51. The number of amides is 3. The van der Waals surface area contributed by atoms with Gasteiger partial charge in [-0.15, -0.1) is 0 Å². The predicted octanol–water partition coefficient (Wildman–Crippen LogP) is -0.662. The molecule has 96 valence electrons. The number of primary amides is 2. The van der Waals surface area contributed by atoms with E-state index >= 15 is 0 Å². The lowest BCUT2D eigenvalue weighted by atomic mass is 10.1. The Morgan fingerprint density at radius 3 is 2.06 bits per heavy atom. The third-order valence-electron chi connectivity index (χ3n) is 2.15. The Labute approximate surface area is 108 Å². The third kappa shape index (κ3) is 4.06. The molecule has 0 radical (unpaired) electrons. The van der Waals surface area contributed by atoms with Crippen LogP contribution in [-0.2, 0) is 20.8 Å². The Hall–Kier alpha value is -2.08. The van der Waals surface area contributed by atoms with Gasteiger partial charge in [-0.2, -0.15) is 0 Å². The van der Waals surface area contributed by atoms with Crippen molar-refractivity contribution in [2.24, 2.45) is 11.5 Å². The van der Waals surface area contributed by atoms with Crippen LogP contribution in [0.1, 0.15) is 5.56 Å². The van der Waals surface area contributed by atoms with E-state index in [2.05, 4.69) is 5.32 Å². The van der Waals surface area contributed by atoms with E-state index in [1.165, 1.54) is 0 Å². The summed E-state index contributed by atoms with van der Waals surface area (Å²) >= 11 is 5.69. The van der Waals surface area contributed by atoms with Crippen molar-refractivity contribution in [2.45, 2.75) is 12.5 Å². The first-order valence-electron chi connectivity index (χ1n) is 5.02. The lowest BCUT2D eigenvalue weighted by Crippen LogP contribution is -2.52. The summed E-state index contributed by atoms with van der Waals surface area (Å²) in [5, 5.41) is 2.71. The number of nitrogens with two attached hydrogens (primary N) is 2. The maximum absolute atomic E-state index is 11.6. The highest BCUT2D eigenvalue weighted by molar-refractivity contribution is 6.30. The Morgan fingerprint density at radius 2 is 1.61 bits per heavy atom. The smallest absolute Gasteiger partial charge is 0.249 e. The molecule has 1 aromatic carbocycles. The maximum Gasteiger partial charge on any atom is 0.249 e. The highest BCUT2D eigenvalue weighted by Gasteiger charge is 2.23. The molecule has 0 unspecified atom stereocenters. The summed E-state index contributed by atoms with van der Waals surface area (Å²) in [4.78, 5) is 33.3. The number of benzene rings is 1. The van der Waals surface area contributed by atoms with Crippen LogP contribution in [0.4, 0.5) is 0 Å². The lowest BCUT2D eigenvalue weighted by Gasteiger charge is -2.11. The van der Waals surface area contributed by atoms with Gasteiger partial charge in [0, 0.05) is 5.02 Å². The van der Waals surface area contributed by atoms with Crippen LogP contribution in [0.2, 0.25) is 5.02 Å². The molecular weight excluding hydrogens is 258 g/mol. The average molecular weight is 270 g/mol. The minimum atomic E-state index is -1.50. The molecule has 0 fully saturated rings. The Balaban J connectivity index is 2.63. The summed E-state index contributed by atoms with van der Waals surface area (Å²) in [7, 11) is 0. The number of carbonyl (C=O) groups is 3. The molecule has 3 amide bonds. The van der Waals surface area contributed by atoms with E-state index in [0.29, 0.717) is 10.6 Å². The fraction of sp³-hybridized carbons (Fsp3) is 0.182. The van der Waals surface area contributed by atoms with Gasteiger partial charge in [-0.1, -0.05) is 23.7 Å². The molecule has 0 heterocycles. The van der Waals surface area contributed by atoms with E-state index in [4.69, 9.17) is 23.1 Å². The number of nitrogens with one attached hydrogen (secondary N) is 1. The van der Waals surface area contributed by atoms with E-state index in [9.17, 15) is 14.4 Å². The summed E-state index contributed by atoms with van der Waals surface area (Å²) in [6.45, 7) is 0. The molecule has 0 aromatic heterocycles. The summed E-state index contributed by atoms with van der Waals surface area (Å²) in [6.07, 6.45) is -0.00573. The van der Waals surface area contributed by atoms with Crippen LogP contribution in [0.5, 0.6) is 0 Å². The number of hydrogen-bond acceptors (Lipinski definition) is 3. The van der Waals surface area contributed by atoms with Gasteiger partial charge in [-0.3, -0.25) is 14.4 Å². The highest BCUT2D eigenvalue weighted by Crippen LogP contribution is 2.09. The molecule has 18 heavy (non-hydrogen) atoms. The normalized spacial score (nSPS) is 10.1. The Morgan fingerprint density at radius 1 is 1.11 bits per heavy atom. The van der Waals surface area contributed by atoms with Gasteiger partial charge >= 0.3 is 0 Å². The van der Waals surface area contributed by atoms with Crippen LogP contribution < -0.4 is 16.8 Å². The molecular formula is C11H12ClN3O3. The molecule has 0 bridgehead atoms. The van der Waals surface area contributed by atoms with Crippen LogP contribution in [-0.4, -0.2) is 23.8 Å². The zero-order valence-electron chi connectivity index (χ0n) is 9.35. The molecule has 1 rings (SSSR count). The number of rotatable bonds is 5. The number of carbonyl (C=O) groups excluding carboxylic acids is 3. The molecule has 0 aliphatic rings. The van der Waals surface area contributed by atoms with Gasteiger partial charge in [0.05, 0.1) is 6.42 Å². The van der Waals surface area contributed by atoms with Gasteiger partial charge < -0.3 is 16.8 Å². The highest BCUT2D eigenvalue weighted by atomic mass is 35.5. The molecule has 0 saturated carbocycles. The van der Waals surface area contributed by atoms with Crippen molar-refractivity contribution in [3.05, 3.63) is 34.9 Å². The Bertz CT molecular complexity index is 459.